The minimum absolute atomic E-state index is 0.0225. The van der Waals surface area contributed by atoms with E-state index in [0.29, 0.717) is 10.9 Å². The molecular weight excluding hydrogens is 254 g/mol. The Balaban J connectivity index is 2.38. The van der Waals surface area contributed by atoms with Gasteiger partial charge < -0.3 is 15.3 Å². The number of nitrogens with zero attached hydrogens (tertiary/aromatic N) is 2. The molecule has 1 heterocycles. The van der Waals surface area contributed by atoms with Gasteiger partial charge in [0.2, 0.25) is 0 Å². The molecule has 102 valence electrons. The molecule has 0 aliphatic carbocycles. The Morgan fingerprint density at radius 1 is 1.42 bits per heavy atom. The van der Waals surface area contributed by atoms with E-state index in [2.05, 4.69) is 10.2 Å². The Morgan fingerprint density at radius 3 is 2.79 bits per heavy atom. The summed E-state index contributed by atoms with van der Waals surface area (Å²) in [6, 6.07) is 4.04. The maximum Gasteiger partial charge on any atom is 0.271 e. The number of aliphatic hydroxyl groups excluding tert-OH is 3. The molecule has 1 aromatic heterocycles. The van der Waals surface area contributed by atoms with Crippen LogP contribution in [0.4, 0.5) is 5.69 Å². The second-order valence-corrected chi connectivity index (χ2v) is 4.12. The van der Waals surface area contributed by atoms with Crippen LogP contribution in [0.3, 0.4) is 0 Å². The molecule has 1 aromatic carbocycles. The van der Waals surface area contributed by atoms with Gasteiger partial charge in [0.05, 0.1) is 22.2 Å². The van der Waals surface area contributed by atoms with Crippen molar-refractivity contribution in [2.75, 3.05) is 6.61 Å². The predicted octanol–water partition coefficient (Wildman–Crippen LogP) is 0.248. The Bertz CT molecular complexity index is 597. The fraction of sp³-hybridized carbons (Fsp3) is 0.364. The third-order valence-corrected chi connectivity index (χ3v) is 2.86. The van der Waals surface area contributed by atoms with Crippen LogP contribution in [0.1, 0.15) is 18.2 Å². The zero-order chi connectivity index (χ0) is 14.0. The topological polar surface area (TPSA) is 133 Å². The first-order valence-electron chi connectivity index (χ1n) is 5.64. The van der Waals surface area contributed by atoms with Crippen LogP contribution in [0.15, 0.2) is 18.2 Å². The first-order valence-corrected chi connectivity index (χ1v) is 5.64. The summed E-state index contributed by atoms with van der Waals surface area (Å²) in [5.74, 6) is 0. The van der Waals surface area contributed by atoms with Gasteiger partial charge in [-0.25, -0.2) is 0 Å². The lowest BCUT2D eigenvalue weighted by atomic mass is 10.0. The number of hydrogen-bond donors (Lipinski definition) is 4. The van der Waals surface area contributed by atoms with E-state index in [9.17, 15) is 20.3 Å². The van der Waals surface area contributed by atoms with Gasteiger partial charge in [-0.05, 0) is 12.5 Å². The van der Waals surface area contributed by atoms with E-state index in [0.717, 1.165) is 0 Å². The Hall–Kier alpha value is -2.03. The highest BCUT2D eigenvalue weighted by molar-refractivity contribution is 5.83. The number of aromatic nitrogens is 2. The van der Waals surface area contributed by atoms with Crippen molar-refractivity contribution in [2.45, 2.75) is 18.6 Å². The fourth-order valence-corrected chi connectivity index (χ4v) is 1.84. The van der Waals surface area contributed by atoms with Gasteiger partial charge >= 0.3 is 0 Å². The van der Waals surface area contributed by atoms with Crippen molar-refractivity contribution in [1.29, 1.82) is 0 Å². The molecule has 2 atom stereocenters. The molecule has 0 fully saturated rings. The number of hydrogen-bond acceptors (Lipinski definition) is 6. The number of fused-ring (bicyclic) bond motifs is 1. The molecule has 19 heavy (non-hydrogen) atoms. The molecule has 0 radical (unpaired) electrons. The molecule has 8 nitrogen and oxygen atoms in total. The van der Waals surface area contributed by atoms with Crippen molar-refractivity contribution in [1.82, 2.24) is 10.2 Å². The minimum Gasteiger partial charge on any atom is -0.396 e. The second kappa shape index (κ2) is 5.31. The minimum atomic E-state index is -1.24. The Kier molecular flexibility index (Phi) is 3.74. The van der Waals surface area contributed by atoms with Gasteiger partial charge in [-0.15, -0.1) is 0 Å². The van der Waals surface area contributed by atoms with Crippen molar-refractivity contribution < 1.29 is 20.2 Å². The van der Waals surface area contributed by atoms with Crippen molar-refractivity contribution in [3.05, 3.63) is 34.0 Å². The Labute approximate surface area is 107 Å². The van der Waals surface area contributed by atoms with Gasteiger partial charge in [0.15, 0.2) is 0 Å². The molecule has 0 saturated heterocycles. The van der Waals surface area contributed by atoms with Crippen molar-refractivity contribution >= 4 is 16.6 Å². The SMILES string of the molecule is O=[N+]([O-])c1ccc2c(C(O)C(O)CCO)[nH]nc2c1. The van der Waals surface area contributed by atoms with Crippen LogP contribution in [0.5, 0.6) is 0 Å². The summed E-state index contributed by atoms with van der Waals surface area (Å²) < 4.78 is 0. The fourth-order valence-electron chi connectivity index (χ4n) is 1.84. The smallest absolute Gasteiger partial charge is 0.271 e. The maximum atomic E-state index is 10.6. The predicted molar refractivity (Wildman–Crippen MR) is 65.4 cm³/mol. The van der Waals surface area contributed by atoms with E-state index in [-0.39, 0.29) is 24.4 Å². The summed E-state index contributed by atoms with van der Waals surface area (Å²) in [6.07, 6.45) is -2.35. The van der Waals surface area contributed by atoms with Crippen LogP contribution in [0, 0.1) is 10.1 Å². The third-order valence-electron chi connectivity index (χ3n) is 2.86. The molecule has 0 spiro atoms. The molecule has 2 rings (SSSR count). The highest BCUT2D eigenvalue weighted by Crippen LogP contribution is 2.27. The summed E-state index contributed by atoms with van der Waals surface area (Å²) in [4.78, 5) is 10.1. The first-order chi connectivity index (χ1) is 9.04. The number of nitro benzene ring substituents is 1. The van der Waals surface area contributed by atoms with Crippen LogP contribution >= 0.6 is 0 Å². The monoisotopic (exact) mass is 267 g/mol. The van der Waals surface area contributed by atoms with Crippen LogP contribution < -0.4 is 0 Å². The highest BCUT2D eigenvalue weighted by atomic mass is 16.6. The second-order valence-electron chi connectivity index (χ2n) is 4.12. The van der Waals surface area contributed by atoms with E-state index in [1.807, 2.05) is 0 Å². The number of aromatic amines is 1. The van der Waals surface area contributed by atoms with Gasteiger partial charge in [-0.3, -0.25) is 15.2 Å². The van der Waals surface area contributed by atoms with Crippen molar-refractivity contribution in [3.8, 4) is 0 Å². The number of aliphatic hydroxyl groups is 3. The molecule has 0 amide bonds. The molecule has 2 unspecified atom stereocenters. The van der Waals surface area contributed by atoms with E-state index < -0.39 is 17.1 Å². The van der Waals surface area contributed by atoms with Crippen LogP contribution in [-0.4, -0.2) is 43.2 Å². The summed E-state index contributed by atoms with van der Waals surface area (Å²) in [7, 11) is 0. The summed E-state index contributed by atoms with van der Waals surface area (Å²) in [5.41, 5.74) is 0.501. The molecule has 0 saturated carbocycles. The average molecular weight is 267 g/mol. The highest BCUT2D eigenvalue weighted by Gasteiger charge is 2.22. The van der Waals surface area contributed by atoms with E-state index in [1.165, 1.54) is 18.2 Å². The van der Waals surface area contributed by atoms with Crippen LogP contribution in [0.25, 0.3) is 10.9 Å². The zero-order valence-corrected chi connectivity index (χ0v) is 9.85. The lowest BCUT2D eigenvalue weighted by Crippen LogP contribution is -2.20. The Morgan fingerprint density at radius 2 is 2.16 bits per heavy atom. The van der Waals surface area contributed by atoms with Gasteiger partial charge in [-0.1, -0.05) is 0 Å². The molecule has 4 N–H and O–H groups in total. The molecule has 2 aromatic rings. The number of H-pyrrole nitrogens is 1. The van der Waals surface area contributed by atoms with Gasteiger partial charge in [0.1, 0.15) is 6.10 Å². The average Bonchev–Trinajstić information content (AvgIpc) is 2.80. The number of nitrogens with one attached hydrogen (secondary N) is 1. The molecule has 0 bridgehead atoms. The zero-order valence-electron chi connectivity index (χ0n) is 9.85. The number of rotatable bonds is 5. The molecule has 0 aliphatic heterocycles. The van der Waals surface area contributed by atoms with Crippen LogP contribution in [-0.2, 0) is 0 Å². The molecular formula is C11H13N3O5. The van der Waals surface area contributed by atoms with E-state index in [4.69, 9.17) is 5.11 Å². The lowest BCUT2D eigenvalue weighted by Gasteiger charge is -2.15. The summed E-state index contributed by atoms with van der Waals surface area (Å²) in [5, 5.41) is 45.8. The standard InChI is InChI=1S/C11H13N3O5/c15-4-3-9(16)11(17)10-7-2-1-6(14(18)19)5-8(7)12-13-10/h1-2,5,9,11,15-17H,3-4H2,(H,12,13). The number of benzene rings is 1. The van der Waals surface area contributed by atoms with Crippen LogP contribution in [0.2, 0.25) is 0 Å². The molecule has 8 heteroatoms. The normalized spacial score (nSPS) is 14.5. The maximum absolute atomic E-state index is 10.6. The van der Waals surface area contributed by atoms with Gasteiger partial charge in [-0.2, -0.15) is 5.10 Å². The first kappa shape index (κ1) is 13.4. The van der Waals surface area contributed by atoms with Gasteiger partial charge in [0, 0.05) is 24.1 Å². The number of non-ortho nitro benzene ring substituents is 1. The third kappa shape index (κ3) is 2.55. The van der Waals surface area contributed by atoms with Crippen molar-refractivity contribution in [3.63, 3.8) is 0 Å². The molecule has 0 aliphatic rings. The largest absolute Gasteiger partial charge is 0.396 e. The van der Waals surface area contributed by atoms with Crippen molar-refractivity contribution in [2.24, 2.45) is 0 Å². The van der Waals surface area contributed by atoms with E-state index in [1.54, 1.807) is 0 Å². The van der Waals surface area contributed by atoms with E-state index >= 15 is 0 Å². The quantitative estimate of drug-likeness (QED) is 0.453. The summed E-state index contributed by atoms with van der Waals surface area (Å²) >= 11 is 0. The summed E-state index contributed by atoms with van der Waals surface area (Å²) in [6.45, 7) is -0.254. The lowest BCUT2D eigenvalue weighted by molar-refractivity contribution is -0.384. The number of nitro groups is 1. The van der Waals surface area contributed by atoms with Gasteiger partial charge in [0.25, 0.3) is 5.69 Å².